The number of rotatable bonds is 6. The Bertz CT molecular complexity index is 1520. The van der Waals surface area contributed by atoms with Gasteiger partial charge in [-0.05, 0) is 55.0 Å². The molecule has 0 aromatic heterocycles. The summed E-state index contributed by atoms with van der Waals surface area (Å²) in [4.78, 5) is 7.47. The maximum atomic E-state index is 14.3. The normalized spacial score (nSPS) is 13.3. The number of carbonyl (C=O) groups excluding carboxylic acids is 1. The van der Waals surface area contributed by atoms with Crippen molar-refractivity contribution in [2.75, 3.05) is 0 Å². The summed E-state index contributed by atoms with van der Waals surface area (Å²) in [6.07, 6.45) is -5.12. The van der Waals surface area contributed by atoms with Gasteiger partial charge in [-0.15, -0.1) is 0 Å². The first-order valence-electron chi connectivity index (χ1n) is 9.78. The lowest BCUT2D eigenvalue weighted by molar-refractivity contribution is -0.174. The highest BCUT2D eigenvalue weighted by Gasteiger charge is 2.39. The molecule has 0 spiro atoms. The fourth-order valence-corrected chi connectivity index (χ4v) is 6.89. The maximum Gasteiger partial charge on any atom is 0.471 e. The Morgan fingerprint density at radius 1 is 0.861 bits per heavy atom. The molecule has 192 valence electrons. The Morgan fingerprint density at radius 3 is 1.94 bits per heavy atom. The Hall–Kier alpha value is -3.03. The van der Waals surface area contributed by atoms with E-state index in [-0.39, 0.29) is 10.6 Å². The molecule has 0 saturated carbocycles. The molecular weight excluding hydrogens is 553 g/mol. The molecule has 0 heterocycles. The van der Waals surface area contributed by atoms with Crippen molar-refractivity contribution in [2.24, 2.45) is 0 Å². The van der Waals surface area contributed by atoms with Gasteiger partial charge < -0.3 is 5.32 Å². The molecule has 0 aliphatic rings. The zero-order chi connectivity index (χ0) is 27.1. The van der Waals surface area contributed by atoms with E-state index in [1.54, 1.807) is 5.32 Å². The zero-order valence-electron chi connectivity index (χ0n) is 18.0. The Kier molecular flexibility index (Phi) is 7.49. The SMILES string of the molecule is C[C@H](NC(=O)C(F)(F)F)c1ccc(S(=O)(=O)c2ccc(Cl)cc2S(=O)(=O)c2c(F)cccc2F)cc1. The van der Waals surface area contributed by atoms with Crippen LogP contribution in [0.1, 0.15) is 18.5 Å². The van der Waals surface area contributed by atoms with Gasteiger partial charge in [-0.2, -0.15) is 13.2 Å². The summed E-state index contributed by atoms with van der Waals surface area (Å²) in [5, 5.41) is 1.48. The topological polar surface area (TPSA) is 97.4 Å². The minimum Gasteiger partial charge on any atom is -0.342 e. The van der Waals surface area contributed by atoms with E-state index in [4.69, 9.17) is 11.6 Å². The summed E-state index contributed by atoms with van der Waals surface area (Å²) in [5.74, 6) is -5.08. The summed E-state index contributed by atoms with van der Waals surface area (Å²) in [7, 11) is -9.70. The summed E-state index contributed by atoms with van der Waals surface area (Å²) < 4.78 is 119. The molecule has 0 aliphatic heterocycles. The van der Waals surface area contributed by atoms with E-state index in [2.05, 4.69) is 0 Å². The van der Waals surface area contributed by atoms with Crippen molar-refractivity contribution in [3.05, 3.63) is 82.9 Å². The van der Waals surface area contributed by atoms with Crippen LogP contribution in [0.3, 0.4) is 0 Å². The standard InChI is InChI=1S/C22H15ClF5NO5S2/c1-12(29-21(30)22(26,27)28)13-5-8-15(9-6-13)35(31,32)18-10-7-14(23)11-19(18)36(33,34)20-16(24)3-2-4-17(20)25/h2-12H,1H3,(H,29,30)/t12-/m0/s1. The average molecular weight is 568 g/mol. The van der Waals surface area contributed by atoms with E-state index in [1.165, 1.54) is 6.92 Å². The van der Waals surface area contributed by atoms with Crippen LogP contribution < -0.4 is 5.32 Å². The van der Waals surface area contributed by atoms with Crippen LogP contribution in [0.5, 0.6) is 0 Å². The van der Waals surface area contributed by atoms with E-state index in [1.807, 2.05) is 0 Å². The van der Waals surface area contributed by atoms with Crippen molar-refractivity contribution in [1.29, 1.82) is 0 Å². The van der Waals surface area contributed by atoms with Crippen LogP contribution in [0.4, 0.5) is 22.0 Å². The molecule has 0 bridgehead atoms. The zero-order valence-corrected chi connectivity index (χ0v) is 20.4. The van der Waals surface area contributed by atoms with Gasteiger partial charge in [-0.1, -0.05) is 29.8 Å². The predicted octanol–water partition coefficient (Wildman–Crippen LogP) is 5.02. The molecule has 0 unspecified atom stereocenters. The average Bonchev–Trinajstić information content (AvgIpc) is 2.78. The Labute approximate surface area is 207 Å². The molecule has 3 rings (SSSR count). The number of sulfone groups is 2. The highest BCUT2D eigenvalue weighted by molar-refractivity contribution is 7.94. The van der Waals surface area contributed by atoms with Crippen LogP contribution in [0.25, 0.3) is 0 Å². The smallest absolute Gasteiger partial charge is 0.342 e. The maximum absolute atomic E-state index is 14.3. The summed E-state index contributed by atoms with van der Waals surface area (Å²) in [6, 6.07) is 8.01. The van der Waals surface area contributed by atoms with Crippen molar-refractivity contribution in [3.8, 4) is 0 Å². The van der Waals surface area contributed by atoms with E-state index >= 15 is 0 Å². The molecule has 36 heavy (non-hydrogen) atoms. The van der Waals surface area contributed by atoms with Gasteiger partial charge in [0.15, 0.2) is 0 Å². The summed E-state index contributed by atoms with van der Waals surface area (Å²) >= 11 is 5.85. The van der Waals surface area contributed by atoms with Gasteiger partial charge in [0.25, 0.3) is 0 Å². The van der Waals surface area contributed by atoms with Gasteiger partial charge in [0.1, 0.15) is 16.5 Å². The van der Waals surface area contributed by atoms with Crippen LogP contribution in [0.2, 0.25) is 5.02 Å². The highest BCUT2D eigenvalue weighted by atomic mass is 35.5. The second-order valence-corrected chi connectivity index (χ2v) is 11.6. The number of hydrogen-bond donors (Lipinski definition) is 1. The number of benzene rings is 3. The van der Waals surface area contributed by atoms with Gasteiger partial charge in [-0.25, -0.2) is 25.6 Å². The fourth-order valence-electron chi connectivity index (χ4n) is 3.19. The second kappa shape index (κ2) is 9.79. The van der Waals surface area contributed by atoms with Gasteiger partial charge in [0.2, 0.25) is 19.7 Å². The fraction of sp³-hybridized carbons (Fsp3) is 0.136. The van der Waals surface area contributed by atoms with Gasteiger partial charge >= 0.3 is 12.1 Å². The quantitative estimate of drug-likeness (QED) is 0.422. The molecule has 1 N–H and O–H groups in total. The van der Waals surface area contributed by atoms with Crippen molar-refractivity contribution >= 4 is 37.2 Å². The molecule has 6 nitrogen and oxygen atoms in total. The summed E-state index contributed by atoms with van der Waals surface area (Å²) in [5.41, 5.74) is 0.115. The molecule has 0 radical (unpaired) electrons. The van der Waals surface area contributed by atoms with Crippen molar-refractivity contribution in [3.63, 3.8) is 0 Å². The van der Waals surface area contributed by atoms with Crippen molar-refractivity contribution in [2.45, 2.75) is 38.7 Å². The largest absolute Gasteiger partial charge is 0.471 e. The van der Waals surface area contributed by atoms with E-state index in [0.29, 0.717) is 12.1 Å². The number of halogens is 6. The first-order chi connectivity index (χ1) is 16.6. The first-order valence-corrected chi connectivity index (χ1v) is 13.1. The number of amides is 1. The lowest BCUT2D eigenvalue weighted by Gasteiger charge is -2.16. The van der Waals surface area contributed by atoms with Crippen LogP contribution >= 0.6 is 11.6 Å². The lowest BCUT2D eigenvalue weighted by atomic mass is 10.1. The van der Waals surface area contributed by atoms with Crippen molar-refractivity contribution < 1.29 is 43.6 Å². The van der Waals surface area contributed by atoms with Crippen LogP contribution in [-0.2, 0) is 24.5 Å². The van der Waals surface area contributed by atoms with E-state index in [9.17, 15) is 43.6 Å². The Balaban J connectivity index is 2.07. The molecular formula is C22H15ClF5NO5S2. The number of hydrogen-bond acceptors (Lipinski definition) is 5. The molecule has 14 heteroatoms. The van der Waals surface area contributed by atoms with E-state index in [0.717, 1.165) is 48.5 Å². The van der Waals surface area contributed by atoms with Gasteiger partial charge in [0.05, 0.1) is 20.7 Å². The highest BCUT2D eigenvalue weighted by Crippen LogP contribution is 2.35. The van der Waals surface area contributed by atoms with Crippen molar-refractivity contribution in [1.82, 2.24) is 5.32 Å². The second-order valence-electron chi connectivity index (χ2n) is 7.41. The Morgan fingerprint density at radius 2 is 1.42 bits per heavy atom. The van der Waals surface area contributed by atoms with E-state index < -0.39 is 69.0 Å². The lowest BCUT2D eigenvalue weighted by Crippen LogP contribution is -2.38. The summed E-state index contributed by atoms with van der Waals surface area (Å²) in [6.45, 7) is 1.24. The molecule has 1 atom stereocenters. The monoisotopic (exact) mass is 567 g/mol. The van der Waals surface area contributed by atoms with Gasteiger partial charge in [0, 0.05) is 5.02 Å². The van der Waals surface area contributed by atoms with Crippen LogP contribution in [0.15, 0.2) is 80.2 Å². The molecule has 0 saturated heterocycles. The molecule has 1 amide bonds. The minimum absolute atomic E-state index is 0.115. The molecule has 3 aromatic carbocycles. The molecule has 0 aliphatic carbocycles. The van der Waals surface area contributed by atoms with Gasteiger partial charge in [-0.3, -0.25) is 4.79 Å². The third-order valence-corrected chi connectivity index (χ3v) is 9.00. The van der Waals surface area contributed by atoms with Crippen LogP contribution in [-0.4, -0.2) is 28.9 Å². The van der Waals surface area contributed by atoms with Crippen LogP contribution in [0, 0.1) is 11.6 Å². The predicted molar refractivity (Wildman–Crippen MR) is 118 cm³/mol. The first kappa shape index (κ1) is 27.6. The molecule has 3 aromatic rings. The number of nitrogens with one attached hydrogen (secondary N) is 1. The number of alkyl halides is 3. The third kappa shape index (κ3) is 5.37. The molecule has 0 fully saturated rings. The minimum atomic E-state index is -5.12. The third-order valence-electron chi connectivity index (χ3n) is 4.97. The number of carbonyl (C=O) groups is 1.